The number of hydrogen-bond acceptors (Lipinski definition) is 5. The van der Waals surface area contributed by atoms with Crippen LogP contribution >= 0.6 is 0 Å². The van der Waals surface area contributed by atoms with Gasteiger partial charge in [0.05, 0.1) is 11.5 Å². The van der Waals surface area contributed by atoms with Gasteiger partial charge in [0.2, 0.25) is 0 Å². The molecule has 0 saturated carbocycles. The summed E-state index contributed by atoms with van der Waals surface area (Å²) in [7, 11) is 0. The van der Waals surface area contributed by atoms with Crippen LogP contribution in [0.3, 0.4) is 0 Å². The van der Waals surface area contributed by atoms with E-state index in [1.54, 1.807) is 6.07 Å². The van der Waals surface area contributed by atoms with Crippen LogP contribution in [-0.4, -0.2) is 16.6 Å². The van der Waals surface area contributed by atoms with Crippen LogP contribution in [0.4, 0.5) is 5.69 Å². The van der Waals surface area contributed by atoms with E-state index in [9.17, 15) is 15.2 Å². The Kier molecular flexibility index (Phi) is 3.38. The number of benzene rings is 1. The first-order valence-electron chi connectivity index (χ1n) is 3.93. The molecule has 0 bridgehead atoms. The minimum Gasteiger partial charge on any atom is -0.502 e. The number of hydrogen-bond donors (Lipinski definition) is 2. The SMILES string of the molecule is NOCCc1ccc([N+](=O)[O-])c(O)c1. The fraction of sp³-hybridized carbons (Fsp3) is 0.250. The van der Waals surface area contributed by atoms with Crippen molar-refractivity contribution in [1.29, 1.82) is 0 Å². The van der Waals surface area contributed by atoms with Gasteiger partial charge in [0.15, 0.2) is 5.75 Å². The van der Waals surface area contributed by atoms with Crippen LogP contribution in [0.2, 0.25) is 0 Å². The second-order valence-corrected chi connectivity index (χ2v) is 2.70. The van der Waals surface area contributed by atoms with Crippen LogP contribution in [0.1, 0.15) is 5.56 Å². The third-order valence-corrected chi connectivity index (χ3v) is 1.75. The van der Waals surface area contributed by atoms with Crippen LogP contribution in [-0.2, 0) is 11.3 Å². The lowest BCUT2D eigenvalue weighted by Gasteiger charge is -2.01. The molecule has 14 heavy (non-hydrogen) atoms. The van der Waals surface area contributed by atoms with Gasteiger partial charge in [0.25, 0.3) is 0 Å². The summed E-state index contributed by atoms with van der Waals surface area (Å²) in [5.74, 6) is 4.48. The summed E-state index contributed by atoms with van der Waals surface area (Å²) < 4.78 is 0. The average Bonchev–Trinajstić information content (AvgIpc) is 2.14. The van der Waals surface area contributed by atoms with Crippen molar-refractivity contribution in [3.8, 4) is 5.75 Å². The normalized spacial score (nSPS) is 10.1. The van der Waals surface area contributed by atoms with E-state index in [4.69, 9.17) is 5.90 Å². The Balaban J connectivity index is 2.83. The van der Waals surface area contributed by atoms with Crippen molar-refractivity contribution in [2.24, 2.45) is 5.90 Å². The summed E-state index contributed by atoms with van der Waals surface area (Å²) in [6, 6.07) is 4.13. The van der Waals surface area contributed by atoms with Crippen molar-refractivity contribution < 1.29 is 14.9 Å². The number of phenolic OH excluding ortho intramolecular Hbond substituents is 1. The van der Waals surface area contributed by atoms with Gasteiger partial charge >= 0.3 is 5.69 Å². The maximum absolute atomic E-state index is 10.3. The fourth-order valence-corrected chi connectivity index (χ4v) is 1.06. The van der Waals surface area contributed by atoms with E-state index in [0.29, 0.717) is 13.0 Å². The fourth-order valence-electron chi connectivity index (χ4n) is 1.06. The molecule has 0 fully saturated rings. The lowest BCUT2D eigenvalue weighted by molar-refractivity contribution is -0.385. The molecule has 0 heterocycles. The zero-order valence-electron chi connectivity index (χ0n) is 7.34. The first kappa shape index (κ1) is 10.4. The third-order valence-electron chi connectivity index (χ3n) is 1.75. The molecule has 6 heteroatoms. The molecule has 3 N–H and O–H groups in total. The molecule has 0 aliphatic carbocycles. The molecule has 0 aliphatic heterocycles. The molecular weight excluding hydrogens is 188 g/mol. The summed E-state index contributed by atoms with van der Waals surface area (Å²) in [5.41, 5.74) is 0.431. The van der Waals surface area contributed by atoms with Crippen LogP contribution in [0.25, 0.3) is 0 Å². The summed E-state index contributed by atoms with van der Waals surface area (Å²) in [6.07, 6.45) is 0.502. The van der Waals surface area contributed by atoms with Crippen LogP contribution < -0.4 is 5.90 Å². The molecule has 0 saturated heterocycles. The molecule has 6 nitrogen and oxygen atoms in total. The molecule has 0 spiro atoms. The molecule has 0 aromatic heterocycles. The lowest BCUT2D eigenvalue weighted by Crippen LogP contribution is -2.03. The zero-order valence-corrected chi connectivity index (χ0v) is 7.34. The Labute approximate surface area is 80.0 Å². The van der Waals surface area contributed by atoms with Gasteiger partial charge in [0.1, 0.15) is 0 Å². The lowest BCUT2D eigenvalue weighted by atomic mass is 10.1. The molecule has 0 unspecified atom stereocenters. The first-order chi connectivity index (χ1) is 6.65. The zero-order chi connectivity index (χ0) is 10.6. The smallest absolute Gasteiger partial charge is 0.310 e. The van der Waals surface area contributed by atoms with E-state index in [2.05, 4.69) is 4.84 Å². The standard InChI is InChI=1S/C8H10N2O4/c9-14-4-3-6-1-2-7(10(12)13)8(11)5-6/h1-2,5,11H,3-4,9H2. The van der Waals surface area contributed by atoms with E-state index >= 15 is 0 Å². The number of nitro benzene ring substituents is 1. The highest BCUT2D eigenvalue weighted by molar-refractivity contribution is 5.47. The Morgan fingerprint density at radius 1 is 1.57 bits per heavy atom. The first-order valence-corrected chi connectivity index (χ1v) is 3.93. The summed E-state index contributed by atoms with van der Waals surface area (Å²) in [4.78, 5) is 14.1. The van der Waals surface area contributed by atoms with Gasteiger partial charge in [-0.3, -0.25) is 10.1 Å². The van der Waals surface area contributed by atoms with Gasteiger partial charge in [-0.05, 0) is 18.1 Å². The minimum absolute atomic E-state index is 0.303. The monoisotopic (exact) mass is 198 g/mol. The van der Waals surface area contributed by atoms with E-state index in [1.165, 1.54) is 12.1 Å². The summed E-state index contributed by atoms with van der Waals surface area (Å²) in [6.45, 7) is 0.303. The molecule has 1 aromatic carbocycles. The summed E-state index contributed by atoms with van der Waals surface area (Å²) >= 11 is 0. The van der Waals surface area contributed by atoms with Crippen LogP contribution in [0, 0.1) is 10.1 Å². The van der Waals surface area contributed by atoms with Gasteiger partial charge in [-0.2, -0.15) is 0 Å². The quantitative estimate of drug-likeness (QED) is 0.549. The van der Waals surface area contributed by atoms with Crippen molar-refractivity contribution in [3.05, 3.63) is 33.9 Å². The Hall–Kier alpha value is -1.66. The molecule has 0 aliphatic rings. The molecule has 1 rings (SSSR count). The number of nitrogens with two attached hydrogens (primary N) is 1. The third kappa shape index (κ3) is 2.41. The molecule has 76 valence electrons. The van der Waals surface area contributed by atoms with Crippen LogP contribution in [0.5, 0.6) is 5.75 Å². The maximum Gasteiger partial charge on any atom is 0.310 e. The van der Waals surface area contributed by atoms with Crippen LogP contribution in [0.15, 0.2) is 18.2 Å². The highest BCUT2D eigenvalue weighted by Gasteiger charge is 2.12. The molecular formula is C8H10N2O4. The number of aromatic hydroxyl groups is 1. The number of nitro groups is 1. The van der Waals surface area contributed by atoms with Crippen molar-refractivity contribution in [2.45, 2.75) is 6.42 Å². The Morgan fingerprint density at radius 3 is 2.79 bits per heavy atom. The predicted octanol–water partition coefficient (Wildman–Crippen LogP) is 0.733. The maximum atomic E-state index is 10.3. The van der Waals surface area contributed by atoms with Gasteiger partial charge in [-0.25, -0.2) is 5.90 Å². The van der Waals surface area contributed by atoms with Crippen molar-refractivity contribution >= 4 is 5.69 Å². The van der Waals surface area contributed by atoms with E-state index in [1.807, 2.05) is 0 Å². The molecule has 0 radical (unpaired) electrons. The van der Waals surface area contributed by atoms with E-state index in [0.717, 1.165) is 5.56 Å². The summed E-state index contributed by atoms with van der Waals surface area (Å²) in [5, 5.41) is 19.6. The Morgan fingerprint density at radius 2 is 2.29 bits per heavy atom. The minimum atomic E-state index is -0.640. The van der Waals surface area contributed by atoms with Gasteiger partial charge in [-0.1, -0.05) is 6.07 Å². The number of nitrogens with zero attached hydrogens (tertiary/aromatic N) is 1. The Bertz CT molecular complexity index is 340. The van der Waals surface area contributed by atoms with E-state index in [-0.39, 0.29) is 11.4 Å². The van der Waals surface area contributed by atoms with E-state index < -0.39 is 4.92 Å². The second-order valence-electron chi connectivity index (χ2n) is 2.70. The highest BCUT2D eigenvalue weighted by Crippen LogP contribution is 2.26. The number of phenols is 1. The predicted molar refractivity (Wildman–Crippen MR) is 48.6 cm³/mol. The average molecular weight is 198 g/mol. The molecule has 0 amide bonds. The van der Waals surface area contributed by atoms with Crippen molar-refractivity contribution in [2.75, 3.05) is 6.61 Å². The van der Waals surface area contributed by atoms with Gasteiger partial charge in [0, 0.05) is 6.07 Å². The van der Waals surface area contributed by atoms with Crippen molar-refractivity contribution in [1.82, 2.24) is 0 Å². The van der Waals surface area contributed by atoms with Crippen molar-refractivity contribution in [3.63, 3.8) is 0 Å². The number of rotatable bonds is 4. The topological polar surface area (TPSA) is 98.6 Å². The largest absolute Gasteiger partial charge is 0.502 e. The van der Waals surface area contributed by atoms with Gasteiger partial charge < -0.3 is 9.94 Å². The molecule has 1 aromatic rings. The molecule has 0 atom stereocenters. The highest BCUT2D eigenvalue weighted by atomic mass is 16.6. The van der Waals surface area contributed by atoms with Gasteiger partial charge in [-0.15, -0.1) is 0 Å². The second kappa shape index (κ2) is 4.54.